The molecule has 7 nitrogen and oxygen atoms in total. The van der Waals surface area contributed by atoms with Crippen LogP contribution < -0.4 is 10.6 Å². The summed E-state index contributed by atoms with van der Waals surface area (Å²) >= 11 is 0. The lowest BCUT2D eigenvalue weighted by Crippen LogP contribution is -2.13. The average Bonchev–Trinajstić information content (AvgIpc) is 3.17. The van der Waals surface area contributed by atoms with Gasteiger partial charge in [-0.2, -0.15) is 4.98 Å². The maximum atomic E-state index is 12.1. The number of carbonyl (C=O) groups excluding carboxylic acids is 1. The minimum Gasteiger partial charge on any atom is -0.348 e. The molecular weight excluding hydrogens is 388 g/mol. The summed E-state index contributed by atoms with van der Waals surface area (Å²) in [7, 11) is 0. The zero-order valence-electron chi connectivity index (χ0n) is 17.9. The van der Waals surface area contributed by atoms with Gasteiger partial charge < -0.3 is 10.6 Å². The highest BCUT2D eigenvalue weighted by atomic mass is 16.1. The second kappa shape index (κ2) is 8.95. The first-order valence-electron chi connectivity index (χ1n) is 10.4. The fourth-order valence-corrected chi connectivity index (χ4v) is 3.43. The molecule has 0 radical (unpaired) electrons. The molecule has 0 bridgehead atoms. The van der Waals surface area contributed by atoms with Crippen molar-refractivity contribution in [1.82, 2.24) is 19.5 Å². The van der Waals surface area contributed by atoms with E-state index in [-0.39, 0.29) is 11.9 Å². The molecule has 0 spiro atoms. The van der Waals surface area contributed by atoms with Crippen molar-refractivity contribution in [3.63, 3.8) is 0 Å². The molecule has 2 heterocycles. The second-order valence-corrected chi connectivity index (χ2v) is 7.98. The van der Waals surface area contributed by atoms with Crippen molar-refractivity contribution < 1.29 is 4.79 Å². The predicted octanol–water partition coefficient (Wildman–Crippen LogP) is 4.97. The maximum Gasteiger partial charge on any atom is 0.225 e. The zero-order chi connectivity index (χ0) is 21.8. The van der Waals surface area contributed by atoms with E-state index in [9.17, 15) is 4.79 Å². The molecule has 0 aliphatic heterocycles. The fourth-order valence-electron chi connectivity index (χ4n) is 3.43. The van der Waals surface area contributed by atoms with E-state index in [1.54, 1.807) is 12.5 Å². The first kappa shape index (κ1) is 20.5. The molecule has 31 heavy (non-hydrogen) atoms. The van der Waals surface area contributed by atoms with E-state index in [1.165, 1.54) is 0 Å². The van der Waals surface area contributed by atoms with Crippen molar-refractivity contribution in [3.8, 4) is 5.82 Å². The van der Waals surface area contributed by atoms with E-state index in [1.807, 2.05) is 60.9 Å². The monoisotopic (exact) mass is 414 g/mol. The van der Waals surface area contributed by atoms with Crippen LogP contribution in [0.15, 0.2) is 67.1 Å². The number of aromatic nitrogens is 4. The van der Waals surface area contributed by atoms with E-state index < -0.39 is 0 Å². The highest BCUT2D eigenvalue weighted by Crippen LogP contribution is 2.22. The Morgan fingerprint density at radius 1 is 1.03 bits per heavy atom. The van der Waals surface area contributed by atoms with Crippen LogP contribution in [0, 0.1) is 5.92 Å². The van der Waals surface area contributed by atoms with Gasteiger partial charge in [-0.1, -0.05) is 44.2 Å². The summed E-state index contributed by atoms with van der Waals surface area (Å²) in [4.78, 5) is 25.6. The number of hydrogen-bond donors (Lipinski definition) is 2. The van der Waals surface area contributed by atoms with Crippen molar-refractivity contribution in [1.29, 1.82) is 0 Å². The number of amides is 1. The van der Waals surface area contributed by atoms with Gasteiger partial charge in [0.1, 0.15) is 12.1 Å². The van der Waals surface area contributed by atoms with Gasteiger partial charge in [0.05, 0.1) is 17.1 Å². The minimum absolute atomic E-state index is 0.00725. The lowest BCUT2D eigenvalue weighted by molar-refractivity contribution is -0.116. The zero-order valence-corrected chi connectivity index (χ0v) is 17.9. The molecule has 4 rings (SSSR count). The van der Waals surface area contributed by atoms with Crippen LogP contribution in [0.2, 0.25) is 0 Å². The van der Waals surface area contributed by atoms with Crippen molar-refractivity contribution >= 4 is 28.6 Å². The van der Waals surface area contributed by atoms with E-state index in [2.05, 4.69) is 44.6 Å². The second-order valence-electron chi connectivity index (χ2n) is 7.98. The van der Waals surface area contributed by atoms with Gasteiger partial charge in [-0.15, -0.1) is 0 Å². The summed E-state index contributed by atoms with van der Waals surface area (Å²) in [6, 6.07) is 17.8. The molecule has 2 aromatic heterocycles. The Balaban J connectivity index is 1.55. The molecule has 0 aliphatic rings. The summed E-state index contributed by atoms with van der Waals surface area (Å²) in [6.07, 6.45) is 3.95. The number of imidazole rings is 1. The van der Waals surface area contributed by atoms with Crippen LogP contribution in [0.3, 0.4) is 0 Å². The number of hydrogen-bond acceptors (Lipinski definition) is 5. The molecule has 0 fully saturated rings. The normalized spacial score (nSPS) is 12.1. The molecule has 2 aromatic carbocycles. The van der Waals surface area contributed by atoms with Crippen LogP contribution >= 0.6 is 0 Å². The van der Waals surface area contributed by atoms with Gasteiger partial charge in [0, 0.05) is 18.3 Å². The quantitative estimate of drug-likeness (QED) is 0.446. The Bertz CT molecular complexity index is 1190. The fraction of sp³-hybridized carbons (Fsp3) is 0.250. The van der Waals surface area contributed by atoms with Crippen molar-refractivity contribution in [2.45, 2.75) is 33.2 Å². The standard InChI is InChI=1S/C24H26N6O/c1-16(2)13-23(31)28-19-9-10-21-20(14-19)26-15-30(21)22-11-12-25-24(29-22)27-17(3)18-7-5-4-6-8-18/h4-12,14-17H,13H2,1-3H3,(H,28,31)(H,25,27,29). The average molecular weight is 415 g/mol. The molecular formula is C24H26N6O. The van der Waals surface area contributed by atoms with Crippen LogP contribution in [-0.4, -0.2) is 25.4 Å². The van der Waals surface area contributed by atoms with Gasteiger partial charge in [-0.25, -0.2) is 9.97 Å². The number of nitrogens with one attached hydrogen (secondary N) is 2. The molecule has 1 unspecified atom stereocenters. The third-order valence-electron chi connectivity index (χ3n) is 4.96. The van der Waals surface area contributed by atoms with Crippen molar-refractivity contribution in [3.05, 3.63) is 72.7 Å². The molecule has 7 heteroatoms. The summed E-state index contributed by atoms with van der Waals surface area (Å²) in [5.41, 5.74) is 3.59. The van der Waals surface area contributed by atoms with Gasteiger partial charge >= 0.3 is 0 Å². The van der Waals surface area contributed by atoms with Gasteiger partial charge in [-0.05, 0) is 42.7 Å². The van der Waals surface area contributed by atoms with Crippen LogP contribution in [0.25, 0.3) is 16.9 Å². The lowest BCUT2D eigenvalue weighted by atomic mass is 10.1. The third-order valence-corrected chi connectivity index (χ3v) is 4.96. The van der Waals surface area contributed by atoms with Crippen LogP contribution in [0.5, 0.6) is 0 Å². The van der Waals surface area contributed by atoms with Gasteiger partial charge in [0.25, 0.3) is 0 Å². The predicted molar refractivity (Wildman–Crippen MR) is 123 cm³/mol. The van der Waals surface area contributed by atoms with Gasteiger partial charge in [-0.3, -0.25) is 9.36 Å². The molecule has 1 atom stereocenters. The largest absolute Gasteiger partial charge is 0.348 e. The summed E-state index contributed by atoms with van der Waals surface area (Å²) in [6.45, 7) is 6.12. The van der Waals surface area contributed by atoms with E-state index in [0.29, 0.717) is 18.3 Å². The number of fused-ring (bicyclic) bond motifs is 1. The summed E-state index contributed by atoms with van der Waals surface area (Å²) in [5, 5.41) is 6.29. The van der Waals surface area contributed by atoms with E-state index in [0.717, 1.165) is 28.1 Å². The third kappa shape index (κ3) is 4.88. The maximum absolute atomic E-state index is 12.1. The molecule has 0 aliphatic carbocycles. The van der Waals surface area contributed by atoms with Crippen LogP contribution in [-0.2, 0) is 4.79 Å². The highest BCUT2D eigenvalue weighted by molar-refractivity contribution is 5.93. The Kier molecular flexibility index (Phi) is 5.93. The van der Waals surface area contributed by atoms with Gasteiger partial charge in [0.15, 0.2) is 0 Å². The molecule has 158 valence electrons. The van der Waals surface area contributed by atoms with E-state index >= 15 is 0 Å². The highest BCUT2D eigenvalue weighted by Gasteiger charge is 2.11. The molecule has 0 saturated heterocycles. The number of carbonyl (C=O) groups is 1. The molecule has 4 aromatic rings. The van der Waals surface area contributed by atoms with E-state index in [4.69, 9.17) is 0 Å². The molecule has 2 N–H and O–H groups in total. The first-order chi connectivity index (χ1) is 15.0. The van der Waals surface area contributed by atoms with Crippen LogP contribution in [0.1, 0.15) is 38.8 Å². The Hall–Kier alpha value is -3.74. The number of rotatable bonds is 7. The lowest BCUT2D eigenvalue weighted by Gasteiger charge is -2.14. The van der Waals surface area contributed by atoms with Crippen LogP contribution in [0.4, 0.5) is 11.6 Å². The smallest absolute Gasteiger partial charge is 0.225 e. The first-order valence-corrected chi connectivity index (χ1v) is 10.4. The number of benzene rings is 2. The Labute approximate surface area is 181 Å². The Morgan fingerprint density at radius 3 is 2.61 bits per heavy atom. The summed E-state index contributed by atoms with van der Waals surface area (Å²) < 4.78 is 1.91. The SMILES string of the molecule is CC(C)CC(=O)Nc1ccc2c(c1)ncn2-c1ccnc(NC(C)c2ccccc2)n1. The summed E-state index contributed by atoms with van der Waals surface area (Å²) in [5.74, 6) is 1.59. The molecule has 0 saturated carbocycles. The van der Waals surface area contributed by atoms with Crippen molar-refractivity contribution in [2.24, 2.45) is 5.92 Å². The number of nitrogens with zero attached hydrogens (tertiary/aromatic N) is 4. The van der Waals surface area contributed by atoms with Gasteiger partial charge in [0.2, 0.25) is 11.9 Å². The Morgan fingerprint density at radius 2 is 1.84 bits per heavy atom. The number of anilines is 2. The molecule has 1 amide bonds. The topological polar surface area (TPSA) is 84.7 Å². The van der Waals surface area contributed by atoms with Crippen molar-refractivity contribution in [2.75, 3.05) is 10.6 Å². The minimum atomic E-state index is 0.00725.